The predicted octanol–water partition coefficient (Wildman–Crippen LogP) is 3.89. The van der Waals surface area contributed by atoms with E-state index in [1.54, 1.807) is 0 Å². The van der Waals surface area contributed by atoms with Gasteiger partial charge in [0.05, 0.1) is 0 Å². The Morgan fingerprint density at radius 1 is 1.00 bits per heavy atom. The average molecular weight is 217 g/mol. The summed E-state index contributed by atoms with van der Waals surface area (Å²) in [6.45, 7) is 2.46. The largest absolute Gasteiger partial charge is 0.372 e. The van der Waals surface area contributed by atoms with E-state index in [2.05, 4.69) is 34.5 Å². The lowest BCUT2D eigenvalue weighted by Crippen LogP contribution is -2.29. The maximum Gasteiger partial charge on any atom is 0.0373 e. The summed E-state index contributed by atoms with van der Waals surface area (Å²) < 4.78 is 1.40. The fourth-order valence-corrected chi connectivity index (χ4v) is 3.07. The highest BCUT2D eigenvalue weighted by Crippen LogP contribution is 2.27. The Labute approximate surface area is 94.3 Å². The fourth-order valence-electron chi connectivity index (χ4n) is 2.30. The van der Waals surface area contributed by atoms with Crippen LogP contribution in [0.1, 0.15) is 19.3 Å². The van der Waals surface area contributed by atoms with Gasteiger partial charge in [0.15, 0.2) is 0 Å². The van der Waals surface area contributed by atoms with Crippen molar-refractivity contribution in [2.45, 2.75) is 19.3 Å². The third-order valence-corrected chi connectivity index (χ3v) is 4.06. The molecule has 0 unspecified atom stereocenters. The Hall–Kier alpha value is -1.02. The highest BCUT2D eigenvalue weighted by atomic mass is 32.1. The SMILES string of the molecule is c1cc2cc(N3CCCCC3)ccc2s1. The molecule has 1 saturated heterocycles. The van der Waals surface area contributed by atoms with Gasteiger partial charge < -0.3 is 4.90 Å². The Morgan fingerprint density at radius 3 is 2.73 bits per heavy atom. The number of hydrogen-bond donors (Lipinski definition) is 0. The second-order valence-electron chi connectivity index (χ2n) is 4.19. The molecular weight excluding hydrogens is 202 g/mol. The van der Waals surface area contributed by atoms with E-state index in [0.717, 1.165) is 0 Å². The van der Waals surface area contributed by atoms with Crippen LogP contribution in [0.15, 0.2) is 29.6 Å². The topological polar surface area (TPSA) is 3.24 Å². The van der Waals surface area contributed by atoms with Crippen molar-refractivity contribution < 1.29 is 0 Å². The molecule has 1 fully saturated rings. The van der Waals surface area contributed by atoms with Crippen molar-refractivity contribution in [2.75, 3.05) is 18.0 Å². The molecule has 0 atom stereocenters. The van der Waals surface area contributed by atoms with E-state index in [4.69, 9.17) is 0 Å². The first-order valence-electron chi connectivity index (χ1n) is 5.66. The van der Waals surface area contributed by atoms with E-state index < -0.39 is 0 Å². The van der Waals surface area contributed by atoms with E-state index in [1.165, 1.54) is 48.1 Å². The third kappa shape index (κ3) is 1.74. The van der Waals surface area contributed by atoms with Crippen LogP contribution in [0, 0.1) is 0 Å². The summed E-state index contributed by atoms with van der Waals surface area (Å²) in [4.78, 5) is 2.51. The van der Waals surface area contributed by atoms with Gasteiger partial charge in [-0.2, -0.15) is 0 Å². The van der Waals surface area contributed by atoms with Crippen molar-refractivity contribution in [3.8, 4) is 0 Å². The van der Waals surface area contributed by atoms with Crippen molar-refractivity contribution in [1.82, 2.24) is 0 Å². The summed E-state index contributed by atoms with van der Waals surface area (Å²) in [5.74, 6) is 0. The molecule has 0 bridgehead atoms. The molecule has 0 amide bonds. The van der Waals surface area contributed by atoms with Gasteiger partial charge in [-0.3, -0.25) is 0 Å². The second kappa shape index (κ2) is 3.86. The zero-order valence-electron chi connectivity index (χ0n) is 8.78. The number of thiophene rings is 1. The van der Waals surface area contributed by atoms with Crippen LogP contribution in [0.5, 0.6) is 0 Å². The smallest absolute Gasteiger partial charge is 0.0373 e. The molecule has 0 spiro atoms. The molecule has 0 N–H and O–H groups in total. The molecule has 15 heavy (non-hydrogen) atoms. The van der Waals surface area contributed by atoms with Gasteiger partial charge in [-0.25, -0.2) is 0 Å². The number of rotatable bonds is 1. The molecule has 0 radical (unpaired) electrons. The van der Waals surface area contributed by atoms with Gasteiger partial charge in [0, 0.05) is 23.5 Å². The van der Waals surface area contributed by atoms with Gasteiger partial charge in [-0.1, -0.05) is 0 Å². The van der Waals surface area contributed by atoms with Crippen molar-refractivity contribution in [2.24, 2.45) is 0 Å². The molecule has 1 aliphatic rings. The minimum absolute atomic E-state index is 1.23. The molecule has 1 nitrogen and oxygen atoms in total. The monoisotopic (exact) mass is 217 g/mol. The normalized spacial score (nSPS) is 17.2. The van der Waals surface area contributed by atoms with Gasteiger partial charge in [0.25, 0.3) is 0 Å². The highest BCUT2D eigenvalue weighted by Gasteiger charge is 2.10. The minimum Gasteiger partial charge on any atom is -0.372 e. The number of nitrogens with zero attached hydrogens (tertiary/aromatic N) is 1. The van der Waals surface area contributed by atoms with Gasteiger partial charge in [-0.05, 0) is 54.3 Å². The van der Waals surface area contributed by atoms with Crippen LogP contribution in [0.3, 0.4) is 0 Å². The average Bonchev–Trinajstić information content (AvgIpc) is 2.77. The van der Waals surface area contributed by atoms with E-state index in [9.17, 15) is 0 Å². The Balaban J connectivity index is 1.95. The van der Waals surface area contributed by atoms with Crippen molar-refractivity contribution in [1.29, 1.82) is 0 Å². The molecule has 0 aliphatic carbocycles. The minimum atomic E-state index is 1.23. The maximum absolute atomic E-state index is 2.51. The maximum atomic E-state index is 2.51. The number of anilines is 1. The Kier molecular flexibility index (Phi) is 2.37. The molecule has 2 heterocycles. The van der Waals surface area contributed by atoms with Crippen LogP contribution in [-0.4, -0.2) is 13.1 Å². The lowest BCUT2D eigenvalue weighted by molar-refractivity contribution is 0.578. The van der Waals surface area contributed by atoms with Crippen LogP contribution >= 0.6 is 11.3 Å². The van der Waals surface area contributed by atoms with E-state index >= 15 is 0 Å². The molecule has 3 rings (SSSR count). The summed E-state index contributed by atoms with van der Waals surface area (Å²) in [6, 6.07) is 9.07. The van der Waals surface area contributed by atoms with Crippen LogP contribution in [-0.2, 0) is 0 Å². The van der Waals surface area contributed by atoms with E-state index in [0.29, 0.717) is 0 Å². The molecule has 1 aromatic carbocycles. The predicted molar refractivity (Wildman–Crippen MR) is 67.9 cm³/mol. The number of benzene rings is 1. The highest BCUT2D eigenvalue weighted by molar-refractivity contribution is 7.17. The van der Waals surface area contributed by atoms with Crippen LogP contribution in [0.25, 0.3) is 10.1 Å². The quantitative estimate of drug-likeness (QED) is 0.700. The summed E-state index contributed by atoms with van der Waals surface area (Å²) >= 11 is 1.82. The van der Waals surface area contributed by atoms with E-state index in [1.807, 2.05) is 11.3 Å². The summed E-state index contributed by atoms with van der Waals surface area (Å²) in [5, 5.41) is 3.56. The first kappa shape index (κ1) is 9.22. The van der Waals surface area contributed by atoms with Crippen LogP contribution < -0.4 is 4.90 Å². The van der Waals surface area contributed by atoms with Crippen molar-refractivity contribution in [3.63, 3.8) is 0 Å². The number of hydrogen-bond acceptors (Lipinski definition) is 2. The van der Waals surface area contributed by atoms with Crippen molar-refractivity contribution in [3.05, 3.63) is 29.6 Å². The van der Waals surface area contributed by atoms with Gasteiger partial charge >= 0.3 is 0 Å². The van der Waals surface area contributed by atoms with Gasteiger partial charge in [-0.15, -0.1) is 11.3 Å². The summed E-state index contributed by atoms with van der Waals surface area (Å²) in [7, 11) is 0. The molecule has 2 heteroatoms. The standard InChI is InChI=1S/C13H15NS/c1-2-7-14(8-3-1)12-4-5-13-11(10-12)6-9-15-13/h4-6,9-10H,1-3,7-8H2. The summed E-state index contributed by atoms with van der Waals surface area (Å²) in [5.41, 5.74) is 1.40. The lowest BCUT2D eigenvalue weighted by Gasteiger charge is -2.28. The van der Waals surface area contributed by atoms with E-state index in [-0.39, 0.29) is 0 Å². The molecule has 78 valence electrons. The zero-order valence-corrected chi connectivity index (χ0v) is 9.59. The van der Waals surface area contributed by atoms with Crippen molar-refractivity contribution >= 4 is 27.1 Å². The Bertz CT molecular complexity index is 454. The molecule has 0 saturated carbocycles. The van der Waals surface area contributed by atoms with Gasteiger partial charge in [0.1, 0.15) is 0 Å². The van der Waals surface area contributed by atoms with Crippen LogP contribution in [0.4, 0.5) is 5.69 Å². The zero-order chi connectivity index (χ0) is 10.1. The second-order valence-corrected chi connectivity index (χ2v) is 5.14. The number of piperidine rings is 1. The number of fused-ring (bicyclic) bond motifs is 1. The fraction of sp³-hybridized carbons (Fsp3) is 0.385. The van der Waals surface area contributed by atoms with Gasteiger partial charge in [0.2, 0.25) is 0 Å². The lowest BCUT2D eigenvalue weighted by atomic mass is 10.1. The van der Waals surface area contributed by atoms with Crippen LogP contribution in [0.2, 0.25) is 0 Å². The first-order chi connectivity index (χ1) is 7.43. The molecule has 1 aliphatic heterocycles. The first-order valence-corrected chi connectivity index (χ1v) is 6.54. The molecular formula is C13H15NS. The third-order valence-electron chi connectivity index (χ3n) is 3.16. The molecule has 2 aromatic rings. The Morgan fingerprint density at radius 2 is 1.87 bits per heavy atom. The summed E-state index contributed by atoms with van der Waals surface area (Å²) in [6.07, 6.45) is 4.10. The molecule has 1 aromatic heterocycles.